The number of hydrogen-bond donors (Lipinski definition) is 1. The van der Waals surface area contributed by atoms with Crippen molar-refractivity contribution in [3.8, 4) is 22.5 Å². The molecule has 0 unspecified atom stereocenters. The molecule has 29 heavy (non-hydrogen) atoms. The van der Waals surface area contributed by atoms with Crippen molar-refractivity contribution in [1.29, 1.82) is 0 Å². The van der Waals surface area contributed by atoms with Gasteiger partial charge in [-0.2, -0.15) is 0 Å². The van der Waals surface area contributed by atoms with Crippen LogP contribution in [0.2, 0.25) is 0 Å². The van der Waals surface area contributed by atoms with Crippen LogP contribution in [0.25, 0.3) is 33.4 Å². The van der Waals surface area contributed by atoms with Crippen molar-refractivity contribution in [3.63, 3.8) is 0 Å². The lowest BCUT2D eigenvalue weighted by Crippen LogP contribution is -2.12. The Kier molecular flexibility index (Phi) is 4.52. The quantitative estimate of drug-likeness (QED) is 0.549. The van der Waals surface area contributed by atoms with Gasteiger partial charge < -0.3 is 4.42 Å². The van der Waals surface area contributed by atoms with Crippen LogP contribution < -0.4 is 10.6 Å². The molecule has 2 N–H and O–H groups in total. The molecule has 5 nitrogen and oxygen atoms in total. The van der Waals surface area contributed by atoms with Gasteiger partial charge >= 0.3 is 0 Å². The Labute approximate surface area is 164 Å². The topological polar surface area (TPSA) is 90.4 Å². The highest BCUT2D eigenvalue weighted by molar-refractivity contribution is 7.89. The molecule has 4 rings (SSSR count). The number of sulfonamides is 1. The van der Waals surface area contributed by atoms with Crippen LogP contribution in [0.1, 0.15) is 0 Å². The lowest BCUT2D eigenvalue weighted by molar-refractivity contribution is 0.583. The Hall–Kier alpha value is -3.36. The van der Waals surface area contributed by atoms with E-state index in [1.54, 1.807) is 24.3 Å². The van der Waals surface area contributed by atoms with Gasteiger partial charge in [0.15, 0.2) is 0 Å². The molecule has 0 fully saturated rings. The van der Waals surface area contributed by atoms with E-state index in [1.165, 1.54) is 24.3 Å². The smallest absolute Gasteiger partial charge is 0.238 e. The highest BCUT2D eigenvalue weighted by Crippen LogP contribution is 2.33. The summed E-state index contributed by atoms with van der Waals surface area (Å²) in [5, 5.41) is 5.36. The second-order valence-corrected chi connectivity index (χ2v) is 7.92. The number of para-hydroxylation sites is 1. The van der Waals surface area contributed by atoms with Gasteiger partial charge in [-0.05, 0) is 54.1 Å². The lowest BCUT2D eigenvalue weighted by atomic mass is 9.98. The molecule has 0 bridgehead atoms. The summed E-state index contributed by atoms with van der Waals surface area (Å²) < 4.78 is 56.5. The molecule has 0 saturated carbocycles. The third kappa shape index (κ3) is 3.55. The zero-order valence-corrected chi connectivity index (χ0v) is 15.5. The second kappa shape index (κ2) is 6.91. The molecule has 0 amide bonds. The fourth-order valence-corrected chi connectivity index (χ4v) is 3.62. The average Bonchev–Trinajstić information content (AvgIpc) is 2.66. The Balaban J connectivity index is 2.06. The van der Waals surface area contributed by atoms with Gasteiger partial charge in [0.1, 0.15) is 23.0 Å². The van der Waals surface area contributed by atoms with Crippen molar-refractivity contribution in [1.82, 2.24) is 0 Å². The van der Waals surface area contributed by atoms with Crippen LogP contribution in [0.4, 0.5) is 8.78 Å². The van der Waals surface area contributed by atoms with Crippen LogP contribution in [0, 0.1) is 11.6 Å². The maximum Gasteiger partial charge on any atom is 0.238 e. The van der Waals surface area contributed by atoms with E-state index in [4.69, 9.17) is 9.56 Å². The van der Waals surface area contributed by atoms with E-state index in [2.05, 4.69) is 0 Å². The highest BCUT2D eigenvalue weighted by atomic mass is 32.2. The molecule has 0 spiro atoms. The summed E-state index contributed by atoms with van der Waals surface area (Å²) in [6, 6.07) is 14.6. The summed E-state index contributed by atoms with van der Waals surface area (Å²) >= 11 is 0. The third-order valence-electron chi connectivity index (χ3n) is 4.39. The fourth-order valence-electron chi connectivity index (χ4n) is 3.10. The number of benzene rings is 3. The molecule has 0 atom stereocenters. The SMILES string of the molecule is NS(=O)(=O)c1ccc(-c2oc3ccccc3c(=O)c2-c2cc(F)cc(F)c2)cc1. The van der Waals surface area contributed by atoms with Crippen LogP contribution in [0.3, 0.4) is 0 Å². The summed E-state index contributed by atoms with van der Waals surface area (Å²) in [7, 11) is -3.91. The zero-order chi connectivity index (χ0) is 20.8. The number of rotatable bonds is 3. The first kappa shape index (κ1) is 19.0. The highest BCUT2D eigenvalue weighted by Gasteiger charge is 2.19. The standard InChI is InChI=1S/C21H13F2NO4S/c22-14-9-13(10-15(23)11-14)19-20(25)17-3-1-2-4-18(17)28-21(19)12-5-7-16(8-6-12)29(24,26)27/h1-11H,(H2,24,26,27). The number of nitrogens with two attached hydrogens (primary N) is 1. The minimum Gasteiger partial charge on any atom is -0.455 e. The van der Waals surface area contributed by atoms with Gasteiger partial charge in [-0.1, -0.05) is 12.1 Å². The summed E-state index contributed by atoms with van der Waals surface area (Å²) in [5.41, 5.74) is 0.129. The van der Waals surface area contributed by atoms with E-state index in [0.717, 1.165) is 12.1 Å². The van der Waals surface area contributed by atoms with Crippen LogP contribution in [-0.4, -0.2) is 8.42 Å². The molecule has 0 radical (unpaired) electrons. The molecular weight excluding hydrogens is 400 g/mol. The molecule has 4 aromatic rings. The minimum absolute atomic E-state index is 0.00697. The van der Waals surface area contributed by atoms with E-state index < -0.39 is 27.1 Å². The van der Waals surface area contributed by atoms with Crippen molar-refractivity contribution in [2.45, 2.75) is 4.90 Å². The van der Waals surface area contributed by atoms with E-state index >= 15 is 0 Å². The van der Waals surface area contributed by atoms with Gasteiger partial charge in [0.25, 0.3) is 0 Å². The van der Waals surface area contributed by atoms with Crippen LogP contribution in [-0.2, 0) is 10.0 Å². The van der Waals surface area contributed by atoms with Crippen LogP contribution in [0.15, 0.2) is 80.8 Å². The summed E-state index contributed by atoms with van der Waals surface area (Å²) in [6.07, 6.45) is 0. The van der Waals surface area contributed by atoms with E-state index in [0.29, 0.717) is 11.6 Å². The Bertz CT molecular complexity index is 1390. The number of primary sulfonamides is 1. The van der Waals surface area contributed by atoms with Crippen molar-refractivity contribution >= 4 is 21.0 Å². The van der Waals surface area contributed by atoms with Crippen molar-refractivity contribution in [2.75, 3.05) is 0 Å². The van der Waals surface area contributed by atoms with E-state index in [1.807, 2.05) is 0 Å². The van der Waals surface area contributed by atoms with Gasteiger partial charge in [0.05, 0.1) is 15.8 Å². The van der Waals surface area contributed by atoms with Crippen LogP contribution in [0.5, 0.6) is 0 Å². The molecule has 3 aromatic carbocycles. The first-order valence-electron chi connectivity index (χ1n) is 8.39. The minimum atomic E-state index is -3.91. The zero-order valence-electron chi connectivity index (χ0n) is 14.7. The Morgan fingerprint density at radius 2 is 1.45 bits per heavy atom. The Morgan fingerprint density at radius 3 is 2.07 bits per heavy atom. The molecule has 8 heteroatoms. The number of hydrogen-bond acceptors (Lipinski definition) is 4. The van der Waals surface area contributed by atoms with Crippen molar-refractivity contribution in [2.24, 2.45) is 5.14 Å². The maximum atomic E-state index is 13.8. The Morgan fingerprint density at radius 1 is 0.828 bits per heavy atom. The molecular formula is C21H13F2NO4S. The van der Waals surface area contributed by atoms with Gasteiger partial charge in [0.2, 0.25) is 15.5 Å². The van der Waals surface area contributed by atoms with Gasteiger partial charge in [-0.25, -0.2) is 22.3 Å². The largest absolute Gasteiger partial charge is 0.455 e. The van der Waals surface area contributed by atoms with Crippen molar-refractivity contribution in [3.05, 3.63) is 88.6 Å². The normalized spacial score (nSPS) is 11.7. The fraction of sp³-hybridized carbons (Fsp3) is 0. The lowest BCUT2D eigenvalue weighted by Gasteiger charge is -2.11. The first-order valence-corrected chi connectivity index (χ1v) is 9.94. The number of halogens is 2. The van der Waals surface area contributed by atoms with Gasteiger partial charge in [0, 0.05) is 11.6 Å². The molecule has 1 aromatic heterocycles. The van der Waals surface area contributed by atoms with Crippen molar-refractivity contribution < 1.29 is 21.6 Å². The van der Waals surface area contributed by atoms with E-state index in [-0.39, 0.29) is 32.8 Å². The predicted octanol–water partition coefficient (Wildman–Crippen LogP) is 4.05. The average molecular weight is 413 g/mol. The van der Waals surface area contributed by atoms with E-state index in [9.17, 15) is 22.0 Å². The van der Waals surface area contributed by atoms with Crippen LogP contribution >= 0.6 is 0 Å². The third-order valence-corrected chi connectivity index (χ3v) is 5.32. The summed E-state index contributed by atoms with van der Waals surface area (Å²) in [4.78, 5) is 13.0. The second-order valence-electron chi connectivity index (χ2n) is 6.36. The molecule has 1 heterocycles. The molecule has 146 valence electrons. The molecule has 0 aliphatic heterocycles. The predicted molar refractivity (Wildman–Crippen MR) is 105 cm³/mol. The monoisotopic (exact) mass is 413 g/mol. The summed E-state index contributed by atoms with van der Waals surface area (Å²) in [6.45, 7) is 0. The molecule has 0 saturated heterocycles. The van der Waals surface area contributed by atoms with Gasteiger partial charge in [-0.3, -0.25) is 4.79 Å². The first-order chi connectivity index (χ1) is 13.7. The molecule has 0 aliphatic rings. The van der Waals surface area contributed by atoms with Gasteiger partial charge in [-0.15, -0.1) is 0 Å². The molecule has 0 aliphatic carbocycles. The summed E-state index contributed by atoms with van der Waals surface area (Å²) in [5.74, 6) is -1.63. The maximum absolute atomic E-state index is 13.8. The number of fused-ring (bicyclic) bond motifs is 1.